The average Bonchev–Trinajstić information content (AvgIpc) is 3.01. The van der Waals surface area contributed by atoms with Crippen molar-refractivity contribution >= 4 is 22.4 Å². The number of anilines is 1. The van der Waals surface area contributed by atoms with Gasteiger partial charge in [-0.25, -0.2) is 0 Å². The summed E-state index contributed by atoms with van der Waals surface area (Å²) in [7, 11) is 0. The highest BCUT2D eigenvalue weighted by atomic mass is 32.1. The molecule has 0 saturated heterocycles. The summed E-state index contributed by atoms with van der Waals surface area (Å²) in [6.45, 7) is 7.13. The number of amides is 1. The summed E-state index contributed by atoms with van der Waals surface area (Å²) < 4.78 is 11.2. The van der Waals surface area contributed by atoms with E-state index in [-0.39, 0.29) is 5.91 Å². The zero-order valence-corrected chi connectivity index (χ0v) is 15.1. The van der Waals surface area contributed by atoms with Gasteiger partial charge in [-0.2, -0.15) is 0 Å². The molecule has 1 N–H and O–H groups in total. The van der Waals surface area contributed by atoms with Crippen molar-refractivity contribution in [2.24, 2.45) is 0 Å². The summed E-state index contributed by atoms with van der Waals surface area (Å²) in [6.07, 6.45) is 2.77. The van der Waals surface area contributed by atoms with Gasteiger partial charge in [0.15, 0.2) is 11.5 Å². The van der Waals surface area contributed by atoms with Crippen LogP contribution in [-0.2, 0) is 6.42 Å². The number of hydrogen-bond donors (Lipinski definition) is 1. The van der Waals surface area contributed by atoms with Crippen molar-refractivity contribution in [2.45, 2.75) is 40.0 Å². The number of aryl methyl sites for hydroxylation is 1. The van der Waals surface area contributed by atoms with Gasteiger partial charge in [-0.05, 0) is 38.0 Å². The van der Waals surface area contributed by atoms with Gasteiger partial charge in [0.25, 0.3) is 5.91 Å². The molecule has 0 radical (unpaired) electrons. The molecule has 0 atom stereocenters. The van der Waals surface area contributed by atoms with E-state index < -0.39 is 0 Å². The Bertz CT molecular complexity index is 673. The van der Waals surface area contributed by atoms with Crippen LogP contribution in [0.5, 0.6) is 11.5 Å². The first-order chi connectivity index (χ1) is 11.7. The van der Waals surface area contributed by atoms with Gasteiger partial charge < -0.3 is 9.47 Å². The van der Waals surface area contributed by atoms with Crippen LogP contribution in [0.2, 0.25) is 0 Å². The molecule has 0 saturated carbocycles. The molecule has 1 heterocycles. The van der Waals surface area contributed by atoms with Crippen LogP contribution in [0.15, 0.2) is 18.2 Å². The van der Waals surface area contributed by atoms with Crippen molar-refractivity contribution < 1.29 is 14.3 Å². The molecular formula is C17H23N3O3S. The maximum Gasteiger partial charge on any atom is 0.257 e. The zero-order chi connectivity index (χ0) is 17.4. The Hall–Kier alpha value is -2.15. The maximum atomic E-state index is 12.4. The first-order valence-electron chi connectivity index (χ1n) is 8.21. The molecule has 0 aliphatic carbocycles. The van der Waals surface area contributed by atoms with E-state index in [1.165, 1.54) is 11.3 Å². The third kappa shape index (κ3) is 4.92. The molecule has 2 rings (SSSR count). The van der Waals surface area contributed by atoms with Crippen LogP contribution in [0.1, 0.15) is 49.0 Å². The van der Waals surface area contributed by atoms with Crippen LogP contribution in [0, 0.1) is 0 Å². The minimum atomic E-state index is -0.239. The maximum absolute atomic E-state index is 12.4. The minimum Gasteiger partial charge on any atom is -0.490 e. The first-order valence-corrected chi connectivity index (χ1v) is 9.02. The number of nitrogens with one attached hydrogen (secondary N) is 1. The largest absolute Gasteiger partial charge is 0.490 e. The van der Waals surface area contributed by atoms with Gasteiger partial charge in [0.2, 0.25) is 5.13 Å². The van der Waals surface area contributed by atoms with Gasteiger partial charge in [0.05, 0.1) is 13.2 Å². The second-order valence-electron chi connectivity index (χ2n) is 5.15. The molecule has 1 aromatic heterocycles. The highest BCUT2D eigenvalue weighted by molar-refractivity contribution is 7.15. The smallest absolute Gasteiger partial charge is 0.257 e. The van der Waals surface area contributed by atoms with Crippen molar-refractivity contribution in [1.82, 2.24) is 10.2 Å². The third-order valence-corrected chi connectivity index (χ3v) is 4.02. The van der Waals surface area contributed by atoms with Crippen LogP contribution in [0.25, 0.3) is 0 Å². The molecule has 0 aliphatic rings. The van der Waals surface area contributed by atoms with E-state index in [2.05, 4.69) is 22.4 Å². The Morgan fingerprint density at radius 2 is 1.96 bits per heavy atom. The number of rotatable bonds is 9. The fourth-order valence-corrected chi connectivity index (χ4v) is 2.87. The molecular weight excluding hydrogens is 326 g/mol. The van der Waals surface area contributed by atoms with Crippen LogP contribution in [0.3, 0.4) is 0 Å². The van der Waals surface area contributed by atoms with Crippen molar-refractivity contribution in [3.63, 3.8) is 0 Å². The first kappa shape index (κ1) is 18.2. The number of carbonyl (C=O) groups is 1. The fourth-order valence-electron chi connectivity index (χ4n) is 2.04. The normalized spacial score (nSPS) is 10.5. The number of nitrogens with zero attached hydrogens (tertiary/aromatic N) is 2. The van der Waals surface area contributed by atoms with Crippen molar-refractivity contribution in [1.29, 1.82) is 0 Å². The van der Waals surface area contributed by atoms with Crippen LogP contribution >= 0.6 is 11.3 Å². The Kier molecular flexibility index (Phi) is 6.99. The van der Waals surface area contributed by atoms with Crippen molar-refractivity contribution in [3.8, 4) is 11.5 Å². The van der Waals surface area contributed by atoms with E-state index in [0.29, 0.717) is 35.4 Å². The van der Waals surface area contributed by atoms with Gasteiger partial charge in [-0.15, -0.1) is 10.2 Å². The predicted molar refractivity (Wildman–Crippen MR) is 95.3 cm³/mol. The summed E-state index contributed by atoms with van der Waals surface area (Å²) in [6, 6.07) is 5.17. The van der Waals surface area contributed by atoms with Gasteiger partial charge in [0, 0.05) is 12.0 Å². The summed E-state index contributed by atoms with van der Waals surface area (Å²) in [4.78, 5) is 12.4. The van der Waals surface area contributed by atoms with Crippen LogP contribution in [-0.4, -0.2) is 29.3 Å². The average molecular weight is 349 g/mol. The molecule has 0 bridgehead atoms. The van der Waals surface area contributed by atoms with E-state index in [9.17, 15) is 4.79 Å². The molecule has 130 valence electrons. The van der Waals surface area contributed by atoms with E-state index in [4.69, 9.17) is 9.47 Å². The minimum absolute atomic E-state index is 0.239. The molecule has 0 fully saturated rings. The van der Waals surface area contributed by atoms with E-state index in [1.807, 2.05) is 13.8 Å². The summed E-state index contributed by atoms with van der Waals surface area (Å²) in [5, 5.41) is 12.3. The van der Waals surface area contributed by atoms with Crippen LogP contribution in [0.4, 0.5) is 5.13 Å². The number of carbonyl (C=O) groups excluding carboxylic acids is 1. The Morgan fingerprint density at radius 1 is 1.12 bits per heavy atom. The number of ether oxygens (including phenoxy) is 2. The topological polar surface area (TPSA) is 73.3 Å². The van der Waals surface area contributed by atoms with Gasteiger partial charge in [-0.3, -0.25) is 10.1 Å². The monoisotopic (exact) mass is 349 g/mol. The van der Waals surface area contributed by atoms with Crippen molar-refractivity contribution in [2.75, 3.05) is 18.5 Å². The molecule has 0 aliphatic heterocycles. The molecule has 2 aromatic rings. The lowest BCUT2D eigenvalue weighted by molar-refractivity contribution is 0.102. The second-order valence-corrected chi connectivity index (χ2v) is 6.21. The third-order valence-electron chi connectivity index (χ3n) is 3.12. The Morgan fingerprint density at radius 3 is 2.67 bits per heavy atom. The number of benzene rings is 1. The predicted octanol–water partition coefficient (Wildman–Crippen LogP) is 3.93. The lowest BCUT2D eigenvalue weighted by Crippen LogP contribution is -2.12. The lowest BCUT2D eigenvalue weighted by Gasteiger charge is -2.12. The fraction of sp³-hybridized carbons (Fsp3) is 0.471. The molecule has 0 unspecified atom stereocenters. The summed E-state index contributed by atoms with van der Waals surface area (Å²) >= 11 is 1.40. The molecule has 7 heteroatoms. The molecule has 1 amide bonds. The second kappa shape index (κ2) is 9.22. The standard InChI is InChI=1S/C17H23N3O3S/c1-4-7-15-19-20-17(24-15)18-16(21)12-8-9-13(23-10-5-2)14(11-12)22-6-3/h8-9,11H,4-7,10H2,1-3H3,(H,18,20,21). The Labute approximate surface area is 146 Å². The zero-order valence-electron chi connectivity index (χ0n) is 14.3. The van der Waals surface area contributed by atoms with Crippen LogP contribution < -0.4 is 14.8 Å². The SMILES string of the molecule is CCCOc1ccc(C(=O)Nc2nnc(CCC)s2)cc1OCC. The highest BCUT2D eigenvalue weighted by Crippen LogP contribution is 2.29. The van der Waals surface area contributed by atoms with Crippen molar-refractivity contribution in [3.05, 3.63) is 28.8 Å². The van der Waals surface area contributed by atoms with E-state index in [1.54, 1.807) is 18.2 Å². The molecule has 1 aromatic carbocycles. The molecule has 0 spiro atoms. The quantitative estimate of drug-likeness (QED) is 0.742. The molecule has 24 heavy (non-hydrogen) atoms. The highest BCUT2D eigenvalue weighted by Gasteiger charge is 2.14. The summed E-state index contributed by atoms with van der Waals surface area (Å²) in [5.41, 5.74) is 0.495. The van der Waals surface area contributed by atoms with Gasteiger partial charge >= 0.3 is 0 Å². The number of hydrogen-bond acceptors (Lipinski definition) is 6. The van der Waals surface area contributed by atoms with E-state index >= 15 is 0 Å². The van der Waals surface area contributed by atoms with Gasteiger partial charge in [-0.1, -0.05) is 25.2 Å². The van der Waals surface area contributed by atoms with E-state index in [0.717, 1.165) is 24.3 Å². The summed E-state index contributed by atoms with van der Waals surface area (Å²) in [5.74, 6) is 0.983. The molecule has 6 nitrogen and oxygen atoms in total. The van der Waals surface area contributed by atoms with Gasteiger partial charge in [0.1, 0.15) is 5.01 Å². The Balaban J connectivity index is 2.11. The number of aromatic nitrogens is 2. The lowest BCUT2D eigenvalue weighted by atomic mass is 10.2.